The Hall–Kier alpha value is -1.56. The molecular formula is C15H17ClN2O2S. The molecule has 3 N–H and O–H groups in total. The van der Waals surface area contributed by atoms with Crippen molar-refractivity contribution in [1.29, 1.82) is 0 Å². The molecule has 2 aromatic rings. The van der Waals surface area contributed by atoms with Gasteiger partial charge in [-0.05, 0) is 47.0 Å². The summed E-state index contributed by atoms with van der Waals surface area (Å²) in [5.41, 5.74) is 1.78. The van der Waals surface area contributed by atoms with Gasteiger partial charge in [-0.25, -0.2) is 4.79 Å². The molecule has 21 heavy (non-hydrogen) atoms. The Bertz CT molecular complexity index is 572. The lowest BCUT2D eigenvalue weighted by atomic mass is 10.1. The first-order valence-corrected chi connectivity index (χ1v) is 7.88. The third-order valence-electron chi connectivity index (χ3n) is 3.10. The standard InChI is InChI=1S/C15H17ClN2O2S/c1-10(11-2-4-13(16)5-3-11)18-15(20)17-8-14(19)12-6-7-21-9-12/h2-7,9-10,14,19H,8H2,1H3,(H2,17,18,20). The third-order valence-corrected chi connectivity index (χ3v) is 4.05. The normalized spacial score (nSPS) is 13.5. The Morgan fingerprint density at radius 3 is 2.62 bits per heavy atom. The van der Waals surface area contributed by atoms with Gasteiger partial charge in [0.15, 0.2) is 0 Å². The van der Waals surface area contributed by atoms with Gasteiger partial charge in [-0.15, -0.1) is 0 Å². The van der Waals surface area contributed by atoms with Gasteiger partial charge in [0.25, 0.3) is 0 Å². The lowest BCUT2D eigenvalue weighted by Gasteiger charge is -2.16. The number of aliphatic hydroxyl groups is 1. The number of hydrogen-bond donors (Lipinski definition) is 3. The van der Waals surface area contributed by atoms with Gasteiger partial charge in [-0.2, -0.15) is 11.3 Å². The van der Waals surface area contributed by atoms with Crippen LogP contribution in [0.3, 0.4) is 0 Å². The summed E-state index contributed by atoms with van der Waals surface area (Å²) in [6, 6.07) is 8.69. The van der Waals surface area contributed by atoms with Gasteiger partial charge in [0, 0.05) is 11.6 Å². The molecule has 0 saturated carbocycles. The summed E-state index contributed by atoms with van der Waals surface area (Å²) in [5, 5.41) is 19.8. The average Bonchev–Trinajstić information content (AvgIpc) is 2.99. The Morgan fingerprint density at radius 1 is 1.29 bits per heavy atom. The molecule has 0 aliphatic carbocycles. The number of hydrogen-bond acceptors (Lipinski definition) is 3. The first kappa shape index (κ1) is 15.8. The Labute approximate surface area is 132 Å². The summed E-state index contributed by atoms with van der Waals surface area (Å²) < 4.78 is 0. The van der Waals surface area contributed by atoms with E-state index in [9.17, 15) is 9.90 Å². The lowest BCUT2D eigenvalue weighted by Crippen LogP contribution is -2.39. The third kappa shape index (κ3) is 4.74. The molecule has 2 unspecified atom stereocenters. The molecule has 1 aromatic carbocycles. The van der Waals surface area contributed by atoms with Gasteiger partial charge >= 0.3 is 6.03 Å². The first-order chi connectivity index (χ1) is 10.1. The van der Waals surface area contributed by atoms with Crippen molar-refractivity contribution < 1.29 is 9.90 Å². The van der Waals surface area contributed by atoms with Gasteiger partial charge in [0.1, 0.15) is 0 Å². The van der Waals surface area contributed by atoms with E-state index in [4.69, 9.17) is 11.6 Å². The highest BCUT2D eigenvalue weighted by molar-refractivity contribution is 7.07. The van der Waals surface area contributed by atoms with Gasteiger partial charge < -0.3 is 15.7 Å². The van der Waals surface area contributed by atoms with Gasteiger partial charge in [-0.3, -0.25) is 0 Å². The fraction of sp³-hybridized carbons (Fsp3) is 0.267. The summed E-state index contributed by atoms with van der Waals surface area (Å²) >= 11 is 7.34. The molecule has 1 aromatic heterocycles. The van der Waals surface area contributed by atoms with E-state index in [0.717, 1.165) is 11.1 Å². The van der Waals surface area contributed by atoms with E-state index in [-0.39, 0.29) is 18.6 Å². The van der Waals surface area contributed by atoms with E-state index >= 15 is 0 Å². The minimum Gasteiger partial charge on any atom is -0.387 e. The molecule has 2 atom stereocenters. The maximum atomic E-state index is 11.8. The second-order valence-electron chi connectivity index (χ2n) is 4.70. The van der Waals surface area contributed by atoms with Crippen LogP contribution >= 0.6 is 22.9 Å². The molecule has 0 fully saturated rings. The number of thiophene rings is 1. The van der Waals surface area contributed by atoms with Crippen LogP contribution in [0.15, 0.2) is 41.1 Å². The molecule has 0 radical (unpaired) electrons. The van der Waals surface area contributed by atoms with Crippen LogP contribution in [0.1, 0.15) is 30.2 Å². The molecule has 0 aliphatic heterocycles. The molecule has 6 heteroatoms. The highest BCUT2D eigenvalue weighted by Gasteiger charge is 2.12. The highest BCUT2D eigenvalue weighted by Crippen LogP contribution is 2.16. The zero-order valence-electron chi connectivity index (χ0n) is 11.5. The zero-order chi connectivity index (χ0) is 15.2. The molecule has 0 saturated heterocycles. The maximum Gasteiger partial charge on any atom is 0.315 e. The van der Waals surface area contributed by atoms with Gasteiger partial charge in [0.05, 0.1) is 12.1 Å². The number of aliphatic hydroxyl groups excluding tert-OH is 1. The smallest absolute Gasteiger partial charge is 0.315 e. The number of carbonyl (C=O) groups is 1. The molecule has 0 aliphatic rings. The predicted octanol–water partition coefficient (Wildman–Crippen LogP) is 3.50. The number of amides is 2. The van der Waals surface area contributed by atoms with Crippen LogP contribution in [0.25, 0.3) is 0 Å². The molecule has 112 valence electrons. The van der Waals surface area contributed by atoms with E-state index in [1.807, 2.05) is 35.9 Å². The second kappa shape index (κ2) is 7.45. The van der Waals surface area contributed by atoms with Crippen molar-refractivity contribution in [3.05, 3.63) is 57.2 Å². The first-order valence-electron chi connectivity index (χ1n) is 6.56. The summed E-state index contributed by atoms with van der Waals surface area (Å²) in [6.45, 7) is 2.06. The van der Waals surface area contributed by atoms with Crippen molar-refractivity contribution in [1.82, 2.24) is 10.6 Å². The summed E-state index contributed by atoms with van der Waals surface area (Å²) in [5.74, 6) is 0. The molecule has 4 nitrogen and oxygen atoms in total. The van der Waals surface area contributed by atoms with Crippen LogP contribution < -0.4 is 10.6 Å². The topological polar surface area (TPSA) is 61.4 Å². The van der Waals surface area contributed by atoms with E-state index in [0.29, 0.717) is 5.02 Å². The van der Waals surface area contributed by atoms with Gasteiger partial charge in [0.2, 0.25) is 0 Å². The maximum absolute atomic E-state index is 11.8. The van der Waals surface area contributed by atoms with E-state index in [1.165, 1.54) is 11.3 Å². The number of urea groups is 1. The van der Waals surface area contributed by atoms with E-state index < -0.39 is 6.10 Å². The molecule has 0 bridgehead atoms. The summed E-state index contributed by atoms with van der Waals surface area (Å²) in [6.07, 6.45) is -0.687. The van der Waals surface area contributed by atoms with Crippen LogP contribution in [0.4, 0.5) is 4.79 Å². The summed E-state index contributed by atoms with van der Waals surface area (Å²) in [4.78, 5) is 11.8. The van der Waals surface area contributed by atoms with Crippen molar-refractivity contribution in [3.63, 3.8) is 0 Å². The van der Waals surface area contributed by atoms with Crippen molar-refractivity contribution >= 4 is 29.0 Å². The molecule has 0 spiro atoms. The Balaban J connectivity index is 1.80. The SMILES string of the molecule is CC(NC(=O)NCC(O)c1ccsc1)c1ccc(Cl)cc1. The van der Waals surface area contributed by atoms with E-state index in [2.05, 4.69) is 10.6 Å². The molecule has 2 amide bonds. The minimum absolute atomic E-state index is 0.138. The van der Waals surface area contributed by atoms with E-state index in [1.54, 1.807) is 12.1 Å². The second-order valence-corrected chi connectivity index (χ2v) is 5.92. The monoisotopic (exact) mass is 324 g/mol. The van der Waals surface area contributed by atoms with Crippen molar-refractivity contribution in [2.24, 2.45) is 0 Å². The van der Waals surface area contributed by atoms with Crippen LogP contribution in [-0.2, 0) is 0 Å². The Morgan fingerprint density at radius 2 is 2.00 bits per heavy atom. The van der Waals surface area contributed by atoms with Crippen molar-refractivity contribution in [2.45, 2.75) is 19.1 Å². The zero-order valence-corrected chi connectivity index (χ0v) is 13.1. The number of rotatable bonds is 5. The van der Waals surface area contributed by atoms with Crippen LogP contribution in [0.2, 0.25) is 5.02 Å². The van der Waals surface area contributed by atoms with Crippen molar-refractivity contribution in [3.8, 4) is 0 Å². The summed E-state index contributed by atoms with van der Waals surface area (Å²) in [7, 11) is 0. The highest BCUT2D eigenvalue weighted by atomic mass is 35.5. The number of benzene rings is 1. The molecule has 2 rings (SSSR count). The minimum atomic E-state index is -0.687. The number of carbonyl (C=O) groups excluding carboxylic acids is 1. The molecule has 1 heterocycles. The quantitative estimate of drug-likeness (QED) is 0.788. The fourth-order valence-electron chi connectivity index (χ4n) is 1.85. The van der Waals surface area contributed by atoms with Crippen LogP contribution in [-0.4, -0.2) is 17.7 Å². The van der Waals surface area contributed by atoms with Crippen LogP contribution in [0, 0.1) is 0 Å². The fourth-order valence-corrected chi connectivity index (χ4v) is 2.69. The average molecular weight is 325 g/mol. The number of nitrogens with one attached hydrogen (secondary N) is 2. The predicted molar refractivity (Wildman–Crippen MR) is 85.7 cm³/mol. The lowest BCUT2D eigenvalue weighted by molar-refractivity contribution is 0.173. The largest absolute Gasteiger partial charge is 0.387 e. The Kier molecular flexibility index (Phi) is 5.61. The van der Waals surface area contributed by atoms with Gasteiger partial charge in [-0.1, -0.05) is 23.7 Å². The molecular weight excluding hydrogens is 308 g/mol. The van der Waals surface area contributed by atoms with Crippen molar-refractivity contribution in [2.75, 3.05) is 6.54 Å². The van der Waals surface area contributed by atoms with Crippen LogP contribution in [0.5, 0.6) is 0 Å². The number of halogens is 1.